The molecular formula is C30H33N3O3. The number of ether oxygens (including phenoxy) is 2. The predicted octanol–water partition coefficient (Wildman–Crippen LogP) is 6.18. The van der Waals surface area contributed by atoms with Crippen molar-refractivity contribution in [2.45, 2.75) is 39.8 Å². The van der Waals surface area contributed by atoms with Gasteiger partial charge in [-0.2, -0.15) is 0 Å². The van der Waals surface area contributed by atoms with Crippen molar-refractivity contribution in [2.75, 3.05) is 13.7 Å². The fourth-order valence-corrected chi connectivity index (χ4v) is 4.25. The van der Waals surface area contributed by atoms with Gasteiger partial charge in [0.05, 0.1) is 31.3 Å². The average molecular weight is 484 g/mol. The lowest BCUT2D eigenvalue weighted by molar-refractivity contribution is 0.0949. The molecule has 0 radical (unpaired) electrons. The van der Waals surface area contributed by atoms with Crippen LogP contribution in [0.2, 0.25) is 0 Å². The van der Waals surface area contributed by atoms with Crippen LogP contribution in [0.15, 0.2) is 72.8 Å². The molecule has 1 aromatic heterocycles. The Balaban J connectivity index is 1.37. The second kappa shape index (κ2) is 12.1. The first-order chi connectivity index (χ1) is 17.6. The van der Waals surface area contributed by atoms with Gasteiger partial charge in [-0.15, -0.1) is 0 Å². The van der Waals surface area contributed by atoms with Crippen molar-refractivity contribution in [1.82, 2.24) is 14.9 Å². The highest BCUT2D eigenvalue weighted by Crippen LogP contribution is 2.29. The van der Waals surface area contributed by atoms with Crippen molar-refractivity contribution < 1.29 is 14.3 Å². The maximum Gasteiger partial charge on any atom is 0.251 e. The van der Waals surface area contributed by atoms with Crippen LogP contribution in [-0.4, -0.2) is 29.2 Å². The molecule has 0 saturated heterocycles. The van der Waals surface area contributed by atoms with E-state index in [1.807, 2.05) is 86.7 Å². The molecule has 6 nitrogen and oxygen atoms in total. The number of rotatable bonds is 11. The second-order valence-electron chi connectivity index (χ2n) is 8.63. The summed E-state index contributed by atoms with van der Waals surface area (Å²) >= 11 is 0. The molecule has 6 heteroatoms. The Morgan fingerprint density at radius 2 is 1.83 bits per heavy atom. The van der Waals surface area contributed by atoms with Crippen LogP contribution in [0.5, 0.6) is 11.5 Å². The molecule has 0 fully saturated rings. The molecule has 0 bridgehead atoms. The Labute approximate surface area is 212 Å². The fraction of sp³-hybridized carbons (Fsp3) is 0.267. The van der Waals surface area contributed by atoms with Crippen LogP contribution < -0.4 is 14.8 Å². The highest BCUT2D eigenvalue weighted by Gasteiger charge is 2.13. The predicted molar refractivity (Wildman–Crippen MR) is 145 cm³/mol. The highest BCUT2D eigenvalue weighted by molar-refractivity contribution is 5.95. The molecule has 0 saturated carbocycles. The number of benzene rings is 3. The van der Waals surface area contributed by atoms with Gasteiger partial charge in [0.1, 0.15) is 5.82 Å². The van der Waals surface area contributed by atoms with Gasteiger partial charge in [-0.25, -0.2) is 4.98 Å². The molecule has 4 rings (SSSR count). The zero-order chi connectivity index (χ0) is 25.3. The Morgan fingerprint density at radius 3 is 2.64 bits per heavy atom. The Kier molecular flexibility index (Phi) is 8.40. The molecule has 36 heavy (non-hydrogen) atoms. The summed E-state index contributed by atoms with van der Waals surface area (Å²) in [4.78, 5) is 17.5. The van der Waals surface area contributed by atoms with E-state index in [2.05, 4.69) is 16.0 Å². The van der Waals surface area contributed by atoms with Gasteiger partial charge in [0.15, 0.2) is 11.5 Å². The van der Waals surface area contributed by atoms with Crippen LogP contribution in [0.3, 0.4) is 0 Å². The maximum absolute atomic E-state index is 12.7. The lowest BCUT2D eigenvalue weighted by Gasteiger charge is -2.13. The summed E-state index contributed by atoms with van der Waals surface area (Å²) in [7, 11) is 1.66. The van der Waals surface area contributed by atoms with Crippen LogP contribution in [0.4, 0.5) is 0 Å². The third kappa shape index (κ3) is 5.95. The van der Waals surface area contributed by atoms with E-state index in [1.165, 1.54) is 0 Å². The number of nitrogens with zero attached hydrogens (tertiary/aromatic N) is 2. The second-order valence-corrected chi connectivity index (χ2v) is 8.63. The van der Waals surface area contributed by atoms with E-state index < -0.39 is 0 Å². The summed E-state index contributed by atoms with van der Waals surface area (Å²) in [5.41, 5.74) is 4.72. The number of imidazole rings is 1. The Bertz CT molecular complexity index is 1360. The Hall–Kier alpha value is -4.06. The smallest absolute Gasteiger partial charge is 0.251 e. The number of fused-ring (bicyclic) bond motifs is 1. The summed E-state index contributed by atoms with van der Waals surface area (Å²) in [5.74, 6) is 2.24. The molecule has 0 unspecified atom stereocenters. The molecule has 0 aliphatic heterocycles. The molecule has 1 amide bonds. The number of hydrogen-bond acceptors (Lipinski definition) is 4. The quantitative estimate of drug-likeness (QED) is 0.259. The van der Waals surface area contributed by atoms with Crippen molar-refractivity contribution in [3.05, 3.63) is 95.3 Å². The van der Waals surface area contributed by atoms with Crippen molar-refractivity contribution in [2.24, 2.45) is 0 Å². The average Bonchev–Trinajstić information content (AvgIpc) is 3.25. The standard InChI is InChI=1S/C30H33N3O3/c1-4-11-23-16-17-27(28(20-23)35-3)36-19-10-9-18-33-26-15-8-7-14-25(26)32-29(33)21-31-30(34)24-13-6-5-12-22(24)2/h4-8,11-17,20H,9-10,18-19,21H2,1-3H3,(H,31,34)/b11-4+. The van der Waals surface area contributed by atoms with E-state index in [-0.39, 0.29) is 5.91 Å². The number of carbonyl (C=O) groups excluding carboxylic acids is 1. The summed E-state index contributed by atoms with van der Waals surface area (Å²) in [6.45, 7) is 5.68. The summed E-state index contributed by atoms with van der Waals surface area (Å²) < 4.78 is 13.7. The Morgan fingerprint density at radius 1 is 1.03 bits per heavy atom. The van der Waals surface area contributed by atoms with Gasteiger partial charge in [-0.1, -0.05) is 48.6 Å². The molecule has 0 spiro atoms. The zero-order valence-electron chi connectivity index (χ0n) is 21.2. The number of nitrogens with one attached hydrogen (secondary N) is 1. The van der Waals surface area contributed by atoms with Crippen LogP contribution in [0.1, 0.15) is 47.1 Å². The molecule has 4 aromatic rings. The van der Waals surface area contributed by atoms with Crippen molar-refractivity contribution in [3.63, 3.8) is 0 Å². The first kappa shape index (κ1) is 25.0. The largest absolute Gasteiger partial charge is 0.493 e. The van der Waals surface area contributed by atoms with Crippen LogP contribution in [-0.2, 0) is 13.1 Å². The lowest BCUT2D eigenvalue weighted by Crippen LogP contribution is -2.25. The number of amides is 1. The number of unbranched alkanes of at least 4 members (excludes halogenated alkanes) is 1. The number of aryl methyl sites for hydroxylation is 2. The van der Waals surface area contributed by atoms with E-state index in [4.69, 9.17) is 14.5 Å². The molecular weight excluding hydrogens is 450 g/mol. The van der Waals surface area contributed by atoms with Gasteiger partial charge < -0.3 is 19.4 Å². The topological polar surface area (TPSA) is 65.4 Å². The fourth-order valence-electron chi connectivity index (χ4n) is 4.25. The number of methoxy groups -OCH3 is 1. The van der Waals surface area contributed by atoms with E-state index in [9.17, 15) is 4.79 Å². The lowest BCUT2D eigenvalue weighted by atomic mass is 10.1. The van der Waals surface area contributed by atoms with E-state index >= 15 is 0 Å². The highest BCUT2D eigenvalue weighted by atomic mass is 16.5. The third-order valence-electron chi connectivity index (χ3n) is 6.11. The van der Waals surface area contributed by atoms with E-state index in [0.717, 1.165) is 58.9 Å². The van der Waals surface area contributed by atoms with Crippen molar-refractivity contribution in [1.29, 1.82) is 0 Å². The zero-order valence-corrected chi connectivity index (χ0v) is 21.2. The number of aromatic nitrogens is 2. The monoisotopic (exact) mass is 483 g/mol. The van der Waals surface area contributed by atoms with Crippen LogP contribution in [0.25, 0.3) is 17.1 Å². The van der Waals surface area contributed by atoms with Gasteiger partial charge in [-0.05, 0) is 68.1 Å². The van der Waals surface area contributed by atoms with E-state index in [1.54, 1.807) is 7.11 Å². The molecule has 186 valence electrons. The minimum atomic E-state index is -0.0884. The molecule has 0 aliphatic carbocycles. The third-order valence-corrected chi connectivity index (χ3v) is 6.11. The molecule has 1 heterocycles. The number of para-hydroxylation sites is 2. The van der Waals surface area contributed by atoms with Gasteiger partial charge in [-0.3, -0.25) is 4.79 Å². The maximum atomic E-state index is 12.7. The van der Waals surface area contributed by atoms with Crippen LogP contribution >= 0.6 is 0 Å². The first-order valence-corrected chi connectivity index (χ1v) is 12.3. The molecule has 3 aromatic carbocycles. The molecule has 0 atom stereocenters. The van der Waals surface area contributed by atoms with E-state index in [0.29, 0.717) is 18.7 Å². The van der Waals surface area contributed by atoms with Crippen LogP contribution in [0, 0.1) is 6.92 Å². The minimum Gasteiger partial charge on any atom is -0.493 e. The number of carbonyl (C=O) groups is 1. The summed E-state index contributed by atoms with van der Waals surface area (Å²) in [6.07, 6.45) is 5.82. The van der Waals surface area contributed by atoms with Gasteiger partial charge >= 0.3 is 0 Å². The number of hydrogen-bond donors (Lipinski definition) is 1. The first-order valence-electron chi connectivity index (χ1n) is 12.3. The molecule has 1 N–H and O–H groups in total. The minimum absolute atomic E-state index is 0.0884. The summed E-state index contributed by atoms with van der Waals surface area (Å²) in [5, 5.41) is 3.04. The van der Waals surface area contributed by atoms with Crippen molar-refractivity contribution >= 4 is 23.0 Å². The van der Waals surface area contributed by atoms with Gasteiger partial charge in [0.25, 0.3) is 5.91 Å². The van der Waals surface area contributed by atoms with Gasteiger partial charge in [0, 0.05) is 12.1 Å². The van der Waals surface area contributed by atoms with Crippen molar-refractivity contribution in [3.8, 4) is 11.5 Å². The number of allylic oxidation sites excluding steroid dienone is 1. The normalized spacial score (nSPS) is 11.2. The molecule has 0 aliphatic rings. The SMILES string of the molecule is C/C=C/c1ccc(OCCCCn2c(CNC(=O)c3ccccc3C)nc3ccccc32)c(OC)c1. The van der Waals surface area contributed by atoms with Gasteiger partial charge in [0.2, 0.25) is 0 Å². The summed E-state index contributed by atoms with van der Waals surface area (Å²) in [6, 6.07) is 21.6.